The van der Waals surface area contributed by atoms with Gasteiger partial charge < -0.3 is 14.6 Å². The van der Waals surface area contributed by atoms with Gasteiger partial charge in [0.25, 0.3) is 10.0 Å². The topological polar surface area (TPSA) is 104 Å². The van der Waals surface area contributed by atoms with Crippen molar-refractivity contribution in [3.8, 4) is 0 Å². The molecule has 0 radical (unpaired) electrons. The van der Waals surface area contributed by atoms with Crippen molar-refractivity contribution in [3.63, 3.8) is 0 Å². The average Bonchev–Trinajstić information content (AvgIpc) is 3.36. The van der Waals surface area contributed by atoms with Crippen LogP contribution in [-0.2, 0) is 32.3 Å². The largest absolute Gasteiger partial charge is 0.416 e. The van der Waals surface area contributed by atoms with E-state index in [4.69, 9.17) is 4.74 Å². The Morgan fingerprint density at radius 3 is 2.80 bits per heavy atom. The molecule has 0 bridgehead atoms. The number of nitrogens with one attached hydrogen (secondary N) is 2. The molecule has 8 nitrogen and oxygen atoms in total. The maximum Gasteiger partial charge on any atom is 0.416 e. The van der Waals surface area contributed by atoms with E-state index in [-0.39, 0.29) is 30.3 Å². The molecule has 0 saturated carbocycles. The Morgan fingerprint density at radius 2 is 2.17 bits per heavy atom. The summed E-state index contributed by atoms with van der Waals surface area (Å²) in [4.78, 5) is 19.6. The first-order chi connectivity index (χ1) is 14.1. The van der Waals surface area contributed by atoms with Crippen molar-refractivity contribution in [3.05, 3.63) is 60.6 Å². The lowest BCUT2D eigenvalue weighted by molar-refractivity contribution is -0.137. The number of hydrogen-bond acceptors (Lipinski definition) is 5. The fourth-order valence-electron chi connectivity index (χ4n) is 3.06. The summed E-state index contributed by atoms with van der Waals surface area (Å²) < 4.78 is 71.8. The van der Waals surface area contributed by atoms with Crippen molar-refractivity contribution in [2.75, 3.05) is 13.1 Å². The van der Waals surface area contributed by atoms with Crippen LogP contribution >= 0.6 is 0 Å². The van der Waals surface area contributed by atoms with Crippen LogP contribution in [0.2, 0.25) is 0 Å². The predicted molar refractivity (Wildman–Crippen MR) is 99.5 cm³/mol. The first-order valence-electron chi connectivity index (χ1n) is 8.80. The zero-order valence-corrected chi connectivity index (χ0v) is 16.4. The van der Waals surface area contributed by atoms with Gasteiger partial charge in [-0.1, -0.05) is 18.7 Å². The number of rotatable bonds is 7. The van der Waals surface area contributed by atoms with E-state index >= 15 is 0 Å². The molecule has 30 heavy (non-hydrogen) atoms. The second-order valence-corrected chi connectivity index (χ2v) is 8.29. The number of benzene rings is 1. The van der Waals surface area contributed by atoms with Gasteiger partial charge in [0.1, 0.15) is 0 Å². The number of aromatic nitrogens is 2. The first kappa shape index (κ1) is 22.0. The van der Waals surface area contributed by atoms with E-state index in [9.17, 15) is 26.4 Å². The van der Waals surface area contributed by atoms with Gasteiger partial charge in [-0.2, -0.15) is 13.2 Å². The van der Waals surface area contributed by atoms with Gasteiger partial charge in [-0.25, -0.2) is 18.1 Å². The van der Waals surface area contributed by atoms with Crippen LogP contribution in [0.5, 0.6) is 0 Å². The quantitative estimate of drug-likeness (QED) is 0.633. The number of imidazole rings is 1. The lowest BCUT2D eigenvalue weighted by Gasteiger charge is -2.20. The minimum atomic E-state index is -4.49. The van der Waals surface area contributed by atoms with E-state index < -0.39 is 39.8 Å². The van der Waals surface area contributed by atoms with E-state index in [1.807, 2.05) is 0 Å². The number of nitrogens with zero attached hydrogens (tertiary/aromatic N) is 2. The summed E-state index contributed by atoms with van der Waals surface area (Å²) in [5, 5.41) is -0.229. The van der Waals surface area contributed by atoms with Gasteiger partial charge in [-0.3, -0.25) is 4.79 Å². The lowest BCUT2D eigenvalue weighted by atomic mass is 10.1. The Labute approximate surface area is 170 Å². The van der Waals surface area contributed by atoms with Gasteiger partial charge in [-0.05, 0) is 23.8 Å². The molecule has 1 aliphatic heterocycles. The minimum absolute atomic E-state index is 0.0156. The molecule has 0 aliphatic carbocycles. The molecule has 162 valence electrons. The third-order valence-electron chi connectivity index (χ3n) is 4.53. The monoisotopic (exact) mass is 444 g/mol. The fraction of sp³-hybridized carbons (Fsp3) is 0.333. The number of halogens is 3. The number of likely N-dealkylation sites (tertiary alicyclic amines) is 1. The van der Waals surface area contributed by atoms with Crippen LogP contribution in [-0.4, -0.2) is 54.4 Å². The average molecular weight is 444 g/mol. The van der Waals surface area contributed by atoms with Gasteiger partial charge in [0.05, 0.1) is 30.6 Å². The molecule has 1 aromatic carbocycles. The summed E-state index contributed by atoms with van der Waals surface area (Å²) in [5.74, 6) is -0.413. The molecule has 2 atom stereocenters. The highest BCUT2D eigenvalue weighted by Gasteiger charge is 2.38. The van der Waals surface area contributed by atoms with Crippen LogP contribution in [0.4, 0.5) is 13.2 Å². The highest BCUT2D eigenvalue weighted by Crippen LogP contribution is 2.30. The third kappa shape index (κ3) is 5.07. The van der Waals surface area contributed by atoms with Crippen molar-refractivity contribution >= 4 is 15.9 Å². The number of amides is 1. The highest BCUT2D eigenvalue weighted by molar-refractivity contribution is 7.89. The maximum absolute atomic E-state index is 12.9. The molecule has 1 aromatic heterocycles. The zero-order valence-electron chi connectivity index (χ0n) is 15.6. The fourth-order valence-corrected chi connectivity index (χ4v) is 4.22. The molecule has 0 unspecified atom stereocenters. The van der Waals surface area contributed by atoms with E-state index in [2.05, 4.69) is 21.3 Å². The van der Waals surface area contributed by atoms with Crippen LogP contribution in [0.1, 0.15) is 11.1 Å². The van der Waals surface area contributed by atoms with Gasteiger partial charge in [0.2, 0.25) is 5.91 Å². The summed E-state index contributed by atoms with van der Waals surface area (Å²) in [6.45, 7) is 3.29. The molecular formula is C18H19F3N4O4S. The van der Waals surface area contributed by atoms with Crippen molar-refractivity contribution in [2.45, 2.75) is 30.0 Å². The van der Waals surface area contributed by atoms with Crippen LogP contribution in [0.25, 0.3) is 0 Å². The second-order valence-electron chi connectivity index (χ2n) is 6.63. The van der Waals surface area contributed by atoms with Crippen molar-refractivity contribution in [2.24, 2.45) is 0 Å². The summed E-state index contributed by atoms with van der Waals surface area (Å²) in [6.07, 6.45) is -1.77. The smallest absolute Gasteiger partial charge is 0.370 e. The number of sulfonamides is 1. The van der Waals surface area contributed by atoms with Crippen LogP contribution in [0.3, 0.4) is 0 Å². The number of hydrogen-bond donors (Lipinski definition) is 2. The third-order valence-corrected chi connectivity index (χ3v) is 5.91. The van der Waals surface area contributed by atoms with Crippen molar-refractivity contribution in [1.29, 1.82) is 0 Å². The molecule has 1 amide bonds. The lowest BCUT2D eigenvalue weighted by Crippen LogP contribution is -2.44. The van der Waals surface area contributed by atoms with Gasteiger partial charge in [0.15, 0.2) is 5.03 Å². The number of alkyl halides is 3. The highest BCUT2D eigenvalue weighted by atomic mass is 32.2. The number of carbonyl (C=O) groups is 1. The number of ether oxygens (including phenoxy) is 1. The van der Waals surface area contributed by atoms with E-state index in [0.29, 0.717) is 0 Å². The molecule has 2 N–H and O–H groups in total. The van der Waals surface area contributed by atoms with Crippen LogP contribution in [0.15, 0.2) is 54.5 Å². The molecule has 1 aliphatic rings. The SMILES string of the molecule is C=CC(=O)N1C[C@@H](NS(=O)(=O)c2c[nH]cn2)[C@H](OCc2cccc(C(F)(F)F)c2)C1. The summed E-state index contributed by atoms with van der Waals surface area (Å²) in [7, 11) is -3.98. The van der Waals surface area contributed by atoms with Gasteiger partial charge in [-0.15, -0.1) is 0 Å². The van der Waals surface area contributed by atoms with Crippen molar-refractivity contribution in [1.82, 2.24) is 19.6 Å². The second kappa shape index (κ2) is 8.58. The molecular weight excluding hydrogens is 425 g/mol. The Kier molecular flexibility index (Phi) is 6.29. The molecule has 12 heteroatoms. The Morgan fingerprint density at radius 1 is 1.40 bits per heavy atom. The minimum Gasteiger partial charge on any atom is -0.370 e. The summed E-state index contributed by atoms with van der Waals surface area (Å²) >= 11 is 0. The summed E-state index contributed by atoms with van der Waals surface area (Å²) in [6, 6.07) is 3.83. The summed E-state index contributed by atoms with van der Waals surface area (Å²) in [5.41, 5.74) is -0.540. The first-order valence-corrected chi connectivity index (χ1v) is 10.3. The van der Waals surface area contributed by atoms with E-state index in [1.54, 1.807) is 0 Å². The predicted octanol–water partition coefficient (Wildman–Crippen LogP) is 1.69. The van der Waals surface area contributed by atoms with Gasteiger partial charge in [0, 0.05) is 19.3 Å². The van der Waals surface area contributed by atoms with E-state index in [0.717, 1.165) is 18.2 Å². The molecule has 3 rings (SSSR count). The zero-order chi connectivity index (χ0) is 21.9. The van der Waals surface area contributed by atoms with E-state index in [1.165, 1.54) is 29.6 Å². The number of H-pyrrole nitrogens is 1. The molecule has 0 spiro atoms. The Balaban J connectivity index is 1.75. The molecule has 1 fully saturated rings. The Hall–Kier alpha value is -2.70. The van der Waals surface area contributed by atoms with Crippen LogP contribution < -0.4 is 4.72 Å². The normalized spacial score (nSPS) is 19.8. The van der Waals surface area contributed by atoms with Gasteiger partial charge >= 0.3 is 6.18 Å². The maximum atomic E-state index is 12.9. The Bertz CT molecular complexity index is 1010. The molecule has 2 heterocycles. The number of aromatic amines is 1. The molecule has 2 aromatic rings. The standard InChI is InChI=1S/C18H19F3N4O4S/c1-2-17(26)25-8-14(24-30(27,28)16-7-22-11-23-16)15(9-25)29-10-12-4-3-5-13(6-12)18(19,20)21/h2-7,11,14-15,24H,1,8-10H2,(H,22,23)/t14-,15-/m1/s1. The van der Waals surface area contributed by atoms with Crippen molar-refractivity contribution < 1.29 is 31.1 Å². The number of carbonyl (C=O) groups excluding carboxylic acids is 1. The molecule has 1 saturated heterocycles. The van der Waals surface area contributed by atoms with Crippen LogP contribution in [0, 0.1) is 0 Å².